The molecule has 0 aliphatic carbocycles. The molecule has 0 atom stereocenters. The number of nitrogens with zero attached hydrogens (tertiary/aromatic N) is 2. The molecule has 0 unspecified atom stereocenters. The first kappa shape index (κ1) is 28.6. The molecule has 1 heterocycles. The van der Waals surface area contributed by atoms with E-state index in [2.05, 4.69) is 26.0 Å². The summed E-state index contributed by atoms with van der Waals surface area (Å²) in [6.45, 7) is 3.57. The molecule has 5 aromatic rings. The number of hydrogen-bond acceptors (Lipinski definition) is 7. The van der Waals surface area contributed by atoms with Crippen molar-refractivity contribution in [3.05, 3.63) is 133 Å². The number of H-pyrrole nitrogens is 1. The minimum atomic E-state index is -0.949. The highest BCUT2D eigenvalue weighted by Gasteiger charge is 2.19. The van der Waals surface area contributed by atoms with Crippen LogP contribution >= 0.6 is 15.9 Å². The lowest BCUT2D eigenvalue weighted by molar-refractivity contribution is 0.0460. The molecule has 42 heavy (non-hydrogen) atoms. The Hall–Kier alpha value is -4.96. The van der Waals surface area contributed by atoms with Crippen LogP contribution in [0, 0.1) is 13.8 Å². The van der Waals surface area contributed by atoms with Crippen LogP contribution in [-0.2, 0) is 11.3 Å². The zero-order valence-corrected chi connectivity index (χ0v) is 24.6. The first-order chi connectivity index (χ1) is 20.2. The van der Waals surface area contributed by atoms with Crippen LogP contribution in [0.5, 0.6) is 17.2 Å². The van der Waals surface area contributed by atoms with Crippen LogP contribution in [0.15, 0.2) is 99.0 Å². The summed E-state index contributed by atoms with van der Waals surface area (Å²) in [6, 6.07) is 26.1. The Morgan fingerprint density at radius 2 is 1.57 bits per heavy atom. The van der Waals surface area contributed by atoms with Crippen molar-refractivity contribution in [1.29, 1.82) is 0 Å². The second kappa shape index (κ2) is 12.3. The van der Waals surface area contributed by atoms with Gasteiger partial charge in [0, 0.05) is 0 Å². The summed E-state index contributed by atoms with van der Waals surface area (Å²) < 4.78 is 18.4. The van der Waals surface area contributed by atoms with Gasteiger partial charge < -0.3 is 14.2 Å². The summed E-state index contributed by atoms with van der Waals surface area (Å²) in [5.74, 6) is 0.896. The van der Waals surface area contributed by atoms with Gasteiger partial charge in [0.05, 0.1) is 17.3 Å². The van der Waals surface area contributed by atoms with Crippen LogP contribution < -0.4 is 20.7 Å². The lowest BCUT2D eigenvalue weighted by Crippen LogP contribution is -2.36. The van der Waals surface area contributed by atoms with Gasteiger partial charge in [-0.25, -0.2) is 9.59 Å². The fourth-order valence-electron chi connectivity index (χ4n) is 4.39. The van der Waals surface area contributed by atoms with Gasteiger partial charge in [0.15, 0.2) is 0 Å². The molecule has 1 N–H and O–H groups in total. The Balaban J connectivity index is 1.35. The van der Waals surface area contributed by atoms with Gasteiger partial charge in [-0.3, -0.25) is 9.78 Å². The molecule has 0 aliphatic heterocycles. The molecule has 4 aromatic carbocycles. The lowest BCUT2D eigenvalue weighted by Gasteiger charge is -2.15. The first-order valence-corrected chi connectivity index (χ1v) is 13.7. The van der Waals surface area contributed by atoms with Gasteiger partial charge >= 0.3 is 11.7 Å². The number of carbonyl (C=O) groups excluding carboxylic acids is 1. The number of hydrogen-bond donors (Lipinski definition) is 1. The quantitative estimate of drug-likeness (QED) is 0.206. The number of aryl methyl sites for hydroxylation is 2. The molecule has 0 radical (unpaired) electrons. The number of benzene rings is 4. The lowest BCUT2D eigenvalue weighted by atomic mass is 10.0. The predicted octanol–water partition coefficient (Wildman–Crippen LogP) is 6.13. The van der Waals surface area contributed by atoms with Crippen LogP contribution in [-0.4, -0.2) is 27.8 Å². The summed E-state index contributed by atoms with van der Waals surface area (Å²) in [4.78, 5) is 40.2. The van der Waals surface area contributed by atoms with E-state index in [-0.39, 0.29) is 6.61 Å². The van der Waals surface area contributed by atoms with E-state index in [1.807, 2.05) is 68.4 Å². The van der Waals surface area contributed by atoms with Gasteiger partial charge in [0.25, 0.3) is 5.56 Å². The molecular weight excluding hydrogens is 602 g/mol. The molecular formula is C32H26BrN3O6. The van der Waals surface area contributed by atoms with E-state index >= 15 is 0 Å². The fourth-order valence-corrected chi connectivity index (χ4v) is 4.91. The Morgan fingerprint density at radius 3 is 2.21 bits per heavy atom. The molecule has 1 aromatic heterocycles. The highest BCUT2D eigenvalue weighted by Crippen LogP contribution is 2.34. The van der Waals surface area contributed by atoms with Crippen LogP contribution in [0.2, 0.25) is 0 Å². The third-order valence-corrected chi connectivity index (χ3v) is 7.10. The number of halogens is 1. The summed E-state index contributed by atoms with van der Waals surface area (Å²) in [7, 11) is 1.58. The minimum absolute atomic E-state index is 0.0696. The summed E-state index contributed by atoms with van der Waals surface area (Å²) in [5, 5.41) is 4.06. The summed E-state index contributed by atoms with van der Waals surface area (Å²) in [6.07, 6.45) is 0. The Morgan fingerprint density at radius 1 is 0.905 bits per heavy atom. The molecule has 0 fully saturated rings. The number of aromatic nitrogens is 3. The Bertz CT molecular complexity index is 1860. The molecule has 0 amide bonds. The highest BCUT2D eigenvalue weighted by atomic mass is 79.9. The third kappa shape index (κ3) is 6.18. The van der Waals surface area contributed by atoms with Crippen molar-refractivity contribution in [2.45, 2.75) is 20.5 Å². The molecule has 0 saturated heterocycles. The topological polar surface area (TPSA) is 113 Å². The Kier molecular flexibility index (Phi) is 8.35. The van der Waals surface area contributed by atoms with Gasteiger partial charge in [0.1, 0.15) is 23.9 Å². The number of nitrogens with one attached hydrogen (secondary N) is 1. The van der Waals surface area contributed by atoms with Crippen molar-refractivity contribution >= 4 is 21.9 Å². The van der Waals surface area contributed by atoms with E-state index in [4.69, 9.17) is 14.2 Å². The average molecular weight is 628 g/mol. The fraction of sp³-hybridized carbons (Fsp3) is 0.125. The number of methoxy groups -OCH3 is 1. The van der Waals surface area contributed by atoms with Gasteiger partial charge in [-0.2, -0.15) is 9.78 Å². The number of carbonyl (C=O) groups is 1. The van der Waals surface area contributed by atoms with Crippen LogP contribution in [0.1, 0.15) is 27.2 Å². The predicted molar refractivity (Wildman–Crippen MR) is 162 cm³/mol. The molecule has 212 valence electrons. The molecule has 10 heteroatoms. The summed E-state index contributed by atoms with van der Waals surface area (Å²) in [5.41, 5.74) is 2.33. The first-order valence-electron chi connectivity index (χ1n) is 12.9. The smallest absolute Gasteiger partial charge is 0.364 e. The third-order valence-electron chi connectivity index (χ3n) is 6.49. The highest BCUT2D eigenvalue weighted by molar-refractivity contribution is 9.10. The van der Waals surface area contributed by atoms with Gasteiger partial charge in [-0.15, -0.1) is 0 Å². The maximum Gasteiger partial charge on any atom is 0.364 e. The molecule has 0 saturated carbocycles. The molecule has 5 rings (SSSR count). The second-order valence-electron chi connectivity index (χ2n) is 9.47. The SMILES string of the molecule is COc1ccc(Oc2c(C)cc(-n3nc(C(=O)OCc4ccc(-c5ccccc5)cc4)c(=O)[nH]c3=O)cc2C)cc1Br. The standard InChI is InChI=1S/C32H26BrN3O6/c1-19-15-24(16-20(2)29(19)42-25-13-14-27(40-3)26(33)17-25)36-32(39)34-30(37)28(35-36)31(38)41-18-21-9-11-23(12-10-21)22-7-5-4-6-8-22/h4-17H,18H2,1-3H3,(H,34,37,39). The van der Waals surface area contributed by atoms with Crippen LogP contribution in [0.3, 0.4) is 0 Å². The van der Waals surface area contributed by atoms with E-state index in [1.165, 1.54) is 0 Å². The maximum atomic E-state index is 12.8. The van der Waals surface area contributed by atoms with Crippen molar-refractivity contribution in [2.75, 3.05) is 7.11 Å². The number of rotatable bonds is 8. The number of esters is 1. The largest absolute Gasteiger partial charge is 0.496 e. The molecule has 0 spiro atoms. The monoisotopic (exact) mass is 627 g/mol. The van der Waals surface area contributed by atoms with Crippen molar-refractivity contribution in [2.24, 2.45) is 0 Å². The maximum absolute atomic E-state index is 12.8. The van der Waals surface area contributed by atoms with Gasteiger partial charge in [-0.1, -0.05) is 54.6 Å². The molecule has 0 bridgehead atoms. The molecule has 0 aliphatic rings. The molecule has 9 nitrogen and oxygen atoms in total. The summed E-state index contributed by atoms with van der Waals surface area (Å²) >= 11 is 3.45. The van der Waals surface area contributed by atoms with Crippen molar-refractivity contribution < 1.29 is 19.0 Å². The van der Waals surface area contributed by atoms with E-state index in [9.17, 15) is 14.4 Å². The van der Waals surface area contributed by atoms with Gasteiger partial charge in [-0.05, 0) is 87.9 Å². The zero-order chi connectivity index (χ0) is 29.8. The van der Waals surface area contributed by atoms with E-state index in [1.54, 1.807) is 37.4 Å². The van der Waals surface area contributed by atoms with E-state index in [0.29, 0.717) is 34.1 Å². The van der Waals surface area contributed by atoms with E-state index in [0.717, 1.165) is 25.8 Å². The minimum Gasteiger partial charge on any atom is -0.496 e. The van der Waals surface area contributed by atoms with Gasteiger partial charge in [0.2, 0.25) is 5.69 Å². The second-order valence-corrected chi connectivity index (χ2v) is 10.3. The van der Waals surface area contributed by atoms with Crippen LogP contribution in [0.4, 0.5) is 0 Å². The number of aromatic amines is 1. The van der Waals surface area contributed by atoms with E-state index < -0.39 is 22.9 Å². The number of ether oxygens (including phenoxy) is 3. The van der Waals surface area contributed by atoms with Crippen molar-refractivity contribution in [3.8, 4) is 34.1 Å². The Labute approximate surface area is 249 Å². The van der Waals surface area contributed by atoms with Crippen molar-refractivity contribution in [1.82, 2.24) is 14.8 Å². The zero-order valence-electron chi connectivity index (χ0n) is 23.0. The normalized spacial score (nSPS) is 10.8. The van der Waals surface area contributed by atoms with Crippen LogP contribution in [0.25, 0.3) is 16.8 Å². The average Bonchev–Trinajstić information content (AvgIpc) is 2.98. The van der Waals surface area contributed by atoms with Crippen molar-refractivity contribution in [3.63, 3.8) is 0 Å².